The summed E-state index contributed by atoms with van der Waals surface area (Å²) < 4.78 is 7.59. The first-order chi connectivity index (χ1) is 13.2. The fraction of sp³-hybridized carbons (Fsp3) is 0.273. The number of benzene rings is 2. The van der Waals surface area contributed by atoms with Crippen LogP contribution in [-0.4, -0.2) is 28.8 Å². The topological polar surface area (TPSA) is 56.1 Å². The van der Waals surface area contributed by atoms with Crippen LogP contribution in [0.1, 0.15) is 40.9 Å². The molecule has 1 amide bonds. The largest absolute Gasteiger partial charge is 0.374 e. The van der Waals surface area contributed by atoms with Gasteiger partial charge in [0, 0.05) is 19.3 Å². The Hall–Kier alpha value is -2.92. The quantitative estimate of drug-likeness (QED) is 0.588. The molecule has 3 rings (SSSR count). The maximum atomic E-state index is 12.2. The highest BCUT2D eigenvalue weighted by Gasteiger charge is 2.09. The fourth-order valence-corrected chi connectivity index (χ4v) is 2.79. The van der Waals surface area contributed by atoms with E-state index in [1.165, 1.54) is 0 Å². The Labute approximate surface area is 160 Å². The van der Waals surface area contributed by atoms with Gasteiger partial charge in [-0.15, -0.1) is 0 Å². The van der Waals surface area contributed by atoms with E-state index in [2.05, 4.69) is 22.5 Å². The zero-order valence-corrected chi connectivity index (χ0v) is 15.5. The predicted molar refractivity (Wildman–Crippen MR) is 106 cm³/mol. The maximum Gasteiger partial charge on any atom is 0.254 e. The van der Waals surface area contributed by atoms with Crippen molar-refractivity contribution in [2.75, 3.05) is 13.2 Å². The Morgan fingerprint density at radius 3 is 2.56 bits per heavy atom. The summed E-state index contributed by atoms with van der Waals surface area (Å²) in [4.78, 5) is 12.2. The molecule has 0 aliphatic heterocycles. The molecule has 3 aromatic rings. The van der Waals surface area contributed by atoms with Crippen molar-refractivity contribution in [1.82, 2.24) is 15.1 Å². The monoisotopic (exact) mass is 363 g/mol. The number of rotatable bonds is 9. The zero-order valence-electron chi connectivity index (χ0n) is 15.5. The van der Waals surface area contributed by atoms with Crippen molar-refractivity contribution in [2.24, 2.45) is 0 Å². The zero-order chi connectivity index (χ0) is 18.9. The molecule has 0 radical (unpaired) electrons. The molecule has 27 heavy (non-hydrogen) atoms. The van der Waals surface area contributed by atoms with Crippen molar-refractivity contribution in [3.63, 3.8) is 0 Å². The Morgan fingerprint density at radius 1 is 1.11 bits per heavy atom. The van der Waals surface area contributed by atoms with Crippen molar-refractivity contribution < 1.29 is 9.53 Å². The Morgan fingerprint density at radius 2 is 1.81 bits per heavy atom. The summed E-state index contributed by atoms with van der Waals surface area (Å²) in [6.07, 6.45) is 4.20. The third kappa shape index (κ3) is 5.79. The maximum absolute atomic E-state index is 12.2. The van der Waals surface area contributed by atoms with Crippen molar-refractivity contribution in [1.29, 1.82) is 0 Å². The number of aromatic nitrogens is 2. The van der Waals surface area contributed by atoms with Crippen LogP contribution in [0.3, 0.4) is 0 Å². The first-order valence-electron chi connectivity index (χ1n) is 9.23. The van der Waals surface area contributed by atoms with Gasteiger partial charge in [0.1, 0.15) is 0 Å². The highest BCUT2D eigenvalue weighted by atomic mass is 16.5. The van der Waals surface area contributed by atoms with Crippen LogP contribution in [0.4, 0.5) is 0 Å². The average Bonchev–Trinajstić information content (AvgIpc) is 3.17. The molecule has 0 saturated heterocycles. The summed E-state index contributed by atoms with van der Waals surface area (Å²) in [6.45, 7) is 3.86. The van der Waals surface area contributed by atoms with Crippen LogP contribution in [0.25, 0.3) is 0 Å². The van der Waals surface area contributed by atoms with E-state index in [0.29, 0.717) is 25.3 Å². The third-order valence-corrected chi connectivity index (χ3v) is 4.33. The van der Waals surface area contributed by atoms with E-state index in [0.717, 1.165) is 17.5 Å². The number of carbonyl (C=O) groups excluding carboxylic acids is 1. The lowest BCUT2D eigenvalue weighted by molar-refractivity contribution is 0.0635. The van der Waals surface area contributed by atoms with E-state index < -0.39 is 0 Å². The third-order valence-electron chi connectivity index (χ3n) is 4.33. The highest BCUT2D eigenvalue weighted by Crippen LogP contribution is 2.15. The molecule has 0 aliphatic carbocycles. The molecule has 0 fully saturated rings. The van der Waals surface area contributed by atoms with Gasteiger partial charge in [0.15, 0.2) is 0 Å². The van der Waals surface area contributed by atoms with Gasteiger partial charge in [-0.1, -0.05) is 60.7 Å². The SMILES string of the molecule is C[C@@H](OCCCNC(=O)c1cnn(Cc2ccccc2)c1)c1ccccc1. The molecule has 1 aromatic heterocycles. The van der Waals surface area contributed by atoms with Crippen LogP contribution < -0.4 is 5.32 Å². The molecule has 0 saturated carbocycles. The van der Waals surface area contributed by atoms with Gasteiger partial charge >= 0.3 is 0 Å². The lowest BCUT2D eigenvalue weighted by Gasteiger charge is -2.13. The standard InChI is InChI=1S/C22H25N3O2/c1-18(20-11-6-3-7-12-20)27-14-8-13-23-22(26)21-15-24-25(17-21)16-19-9-4-2-5-10-19/h2-7,9-12,15,17-18H,8,13-14,16H2,1H3,(H,23,26)/t18-/m1/s1. The molecular weight excluding hydrogens is 338 g/mol. The van der Waals surface area contributed by atoms with Crippen molar-refractivity contribution >= 4 is 5.91 Å². The molecule has 5 heteroatoms. The molecule has 0 unspecified atom stereocenters. The van der Waals surface area contributed by atoms with E-state index in [4.69, 9.17) is 4.74 Å². The molecule has 5 nitrogen and oxygen atoms in total. The number of ether oxygens (including phenoxy) is 1. The van der Waals surface area contributed by atoms with Gasteiger partial charge in [-0.3, -0.25) is 9.48 Å². The normalized spacial score (nSPS) is 11.9. The minimum atomic E-state index is -0.106. The Bertz CT molecular complexity index is 831. The summed E-state index contributed by atoms with van der Waals surface area (Å²) in [7, 11) is 0. The summed E-state index contributed by atoms with van der Waals surface area (Å²) in [5.41, 5.74) is 2.88. The molecule has 1 N–H and O–H groups in total. The fourth-order valence-electron chi connectivity index (χ4n) is 2.79. The number of nitrogens with one attached hydrogen (secondary N) is 1. The van der Waals surface area contributed by atoms with E-state index in [1.807, 2.05) is 55.5 Å². The summed E-state index contributed by atoms with van der Waals surface area (Å²) in [5, 5.41) is 7.18. The predicted octanol–water partition coefficient (Wildman–Crippen LogP) is 3.83. The van der Waals surface area contributed by atoms with Gasteiger partial charge in [0.2, 0.25) is 0 Å². The first kappa shape index (κ1) is 18.9. The summed E-state index contributed by atoms with van der Waals surface area (Å²) in [5.74, 6) is -0.106. The Balaban J connectivity index is 1.37. The van der Waals surface area contributed by atoms with Gasteiger partial charge in [-0.05, 0) is 24.5 Å². The molecule has 0 bridgehead atoms. The van der Waals surface area contributed by atoms with Crippen LogP contribution >= 0.6 is 0 Å². The highest BCUT2D eigenvalue weighted by molar-refractivity contribution is 5.93. The molecule has 1 atom stereocenters. The second kappa shape index (κ2) is 9.69. The van der Waals surface area contributed by atoms with E-state index >= 15 is 0 Å². The number of carbonyl (C=O) groups is 1. The second-order valence-electron chi connectivity index (χ2n) is 6.45. The lowest BCUT2D eigenvalue weighted by atomic mass is 10.1. The van der Waals surface area contributed by atoms with Crippen molar-refractivity contribution in [3.8, 4) is 0 Å². The smallest absolute Gasteiger partial charge is 0.254 e. The minimum absolute atomic E-state index is 0.0538. The first-order valence-corrected chi connectivity index (χ1v) is 9.23. The van der Waals surface area contributed by atoms with Crippen LogP contribution in [0.5, 0.6) is 0 Å². The summed E-state index contributed by atoms with van der Waals surface area (Å²) >= 11 is 0. The van der Waals surface area contributed by atoms with Crippen LogP contribution in [-0.2, 0) is 11.3 Å². The number of hydrogen-bond acceptors (Lipinski definition) is 3. The van der Waals surface area contributed by atoms with Gasteiger partial charge in [0.05, 0.1) is 24.4 Å². The molecule has 2 aromatic carbocycles. The van der Waals surface area contributed by atoms with Gasteiger partial charge in [0.25, 0.3) is 5.91 Å². The molecule has 140 valence electrons. The summed E-state index contributed by atoms with van der Waals surface area (Å²) in [6, 6.07) is 20.2. The second-order valence-corrected chi connectivity index (χ2v) is 6.45. The molecular formula is C22H25N3O2. The van der Waals surface area contributed by atoms with E-state index in [1.54, 1.807) is 17.1 Å². The van der Waals surface area contributed by atoms with Crippen LogP contribution in [0.2, 0.25) is 0 Å². The molecule has 0 aliphatic rings. The number of nitrogens with zero attached hydrogens (tertiary/aromatic N) is 2. The van der Waals surface area contributed by atoms with Crippen molar-refractivity contribution in [2.45, 2.75) is 26.0 Å². The van der Waals surface area contributed by atoms with Gasteiger partial charge in [-0.2, -0.15) is 5.10 Å². The van der Waals surface area contributed by atoms with Gasteiger partial charge in [-0.25, -0.2) is 0 Å². The van der Waals surface area contributed by atoms with Crippen LogP contribution in [0, 0.1) is 0 Å². The van der Waals surface area contributed by atoms with Crippen LogP contribution in [0.15, 0.2) is 73.1 Å². The molecule has 1 heterocycles. The van der Waals surface area contributed by atoms with Crippen molar-refractivity contribution in [3.05, 3.63) is 89.7 Å². The lowest BCUT2D eigenvalue weighted by Crippen LogP contribution is -2.25. The minimum Gasteiger partial charge on any atom is -0.374 e. The van der Waals surface area contributed by atoms with E-state index in [9.17, 15) is 4.79 Å². The molecule has 0 spiro atoms. The number of hydrogen-bond donors (Lipinski definition) is 1. The van der Waals surface area contributed by atoms with Gasteiger partial charge < -0.3 is 10.1 Å². The number of amides is 1. The van der Waals surface area contributed by atoms with E-state index in [-0.39, 0.29) is 12.0 Å². The Kier molecular flexibility index (Phi) is 6.77. The average molecular weight is 363 g/mol.